The van der Waals surface area contributed by atoms with Crippen molar-refractivity contribution in [3.8, 4) is 0 Å². The minimum absolute atomic E-state index is 0. The number of hydrogen-bond donors (Lipinski definition) is 0. The standard InChI is InChI=1S/C17H20F3N6S.Fe/c1-11(2)8-26-5-3-4-12-6-14(23-25-16-24-22-10-27-16)13(7-15(12)26)21-9-17(18,19)20;/h6-7,10-11H,3-5,8-9H2,1-2H3;/q-1;+2. The summed E-state index contributed by atoms with van der Waals surface area (Å²) in [6.07, 6.45) is -2.53. The molecule has 0 saturated heterocycles. The third-order valence-electron chi connectivity index (χ3n) is 4.00. The molecule has 28 heavy (non-hydrogen) atoms. The van der Waals surface area contributed by atoms with Crippen LogP contribution in [0.2, 0.25) is 0 Å². The fourth-order valence-electron chi connectivity index (χ4n) is 3.00. The number of aryl methyl sites for hydroxylation is 1. The first-order valence-electron chi connectivity index (χ1n) is 8.66. The zero-order chi connectivity index (χ0) is 19.4. The van der Waals surface area contributed by atoms with Crippen molar-refractivity contribution < 1.29 is 30.2 Å². The van der Waals surface area contributed by atoms with Crippen molar-refractivity contribution in [3.63, 3.8) is 0 Å². The Kier molecular flexibility index (Phi) is 7.79. The zero-order valence-electron chi connectivity index (χ0n) is 15.4. The van der Waals surface area contributed by atoms with E-state index in [1.54, 1.807) is 12.1 Å². The molecule has 6 nitrogen and oxygen atoms in total. The van der Waals surface area contributed by atoms with Crippen LogP contribution in [-0.4, -0.2) is 36.0 Å². The third-order valence-corrected chi connectivity index (χ3v) is 4.57. The van der Waals surface area contributed by atoms with Crippen molar-refractivity contribution in [2.24, 2.45) is 16.1 Å². The third kappa shape index (κ3) is 6.15. The summed E-state index contributed by atoms with van der Waals surface area (Å²) >= 11 is 1.20. The molecule has 2 heterocycles. The van der Waals surface area contributed by atoms with E-state index < -0.39 is 12.7 Å². The van der Waals surface area contributed by atoms with E-state index in [9.17, 15) is 13.2 Å². The van der Waals surface area contributed by atoms with Crippen LogP contribution in [0.1, 0.15) is 25.8 Å². The Labute approximate surface area is 176 Å². The van der Waals surface area contributed by atoms with Crippen LogP contribution < -0.4 is 4.90 Å². The van der Waals surface area contributed by atoms with Crippen LogP contribution in [0, 0.1) is 5.92 Å². The number of nitrogens with zero attached hydrogens (tertiary/aromatic N) is 6. The van der Waals surface area contributed by atoms with E-state index in [0.29, 0.717) is 16.7 Å². The fraction of sp³-hybridized carbons (Fsp3) is 0.529. The molecular formula is C17H20F3FeN6S+. The molecule has 1 aliphatic rings. The number of aromatic nitrogens is 2. The van der Waals surface area contributed by atoms with Gasteiger partial charge in [0.25, 0.3) is 5.13 Å². The number of azo groups is 1. The van der Waals surface area contributed by atoms with Crippen molar-refractivity contribution >= 4 is 33.5 Å². The van der Waals surface area contributed by atoms with Crippen molar-refractivity contribution in [1.82, 2.24) is 10.2 Å². The Balaban J connectivity index is 0.00000280. The molecule has 1 aliphatic heterocycles. The van der Waals surface area contributed by atoms with Gasteiger partial charge in [-0.25, -0.2) is 0 Å². The fourth-order valence-corrected chi connectivity index (χ4v) is 3.37. The van der Waals surface area contributed by atoms with Gasteiger partial charge in [-0.05, 0) is 36.9 Å². The topological polar surface area (TPSA) is 67.8 Å². The molecule has 152 valence electrons. The molecule has 0 spiro atoms. The molecule has 0 fully saturated rings. The minimum Gasteiger partial charge on any atom is -0.675 e. The molecule has 0 amide bonds. The quantitative estimate of drug-likeness (QED) is 0.402. The van der Waals surface area contributed by atoms with E-state index in [4.69, 9.17) is 0 Å². The van der Waals surface area contributed by atoms with E-state index in [0.717, 1.165) is 37.2 Å². The average molecular weight is 453 g/mol. The average Bonchev–Trinajstić information content (AvgIpc) is 3.10. The van der Waals surface area contributed by atoms with Gasteiger partial charge in [-0.15, -0.1) is 26.1 Å². The van der Waals surface area contributed by atoms with Crippen molar-refractivity contribution in [2.45, 2.75) is 32.9 Å². The molecule has 0 aliphatic carbocycles. The normalized spacial score (nSPS) is 14.3. The molecular weight excluding hydrogens is 433 g/mol. The molecule has 0 N–H and O–H groups in total. The Morgan fingerprint density at radius 2 is 2.07 bits per heavy atom. The maximum absolute atomic E-state index is 12.7. The van der Waals surface area contributed by atoms with Gasteiger partial charge in [0.05, 0.1) is 5.69 Å². The molecule has 0 radical (unpaired) electrons. The van der Waals surface area contributed by atoms with Crippen LogP contribution >= 0.6 is 11.3 Å². The first-order valence-corrected chi connectivity index (χ1v) is 9.54. The molecule has 0 unspecified atom stereocenters. The number of hydrogen-bond acceptors (Lipinski definition) is 6. The predicted octanol–water partition coefficient (Wildman–Crippen LogP) is 5.93. The minimum atomic E-state index is -4.37. The van der Waals surface area contributed by atoms with E-state index in [1.807, 2.05) is 0 Å². The van der Waals surface area contributed by atoms with Gasteiger partial charge in [-0.1, -0.05) is 31.3 Å². The van der Waals surface area contributed by atoms with Gasteiger partial charge < -0.3 is 10.2 Å². The second-order valence-electron chi connectivity index (χ2n) is 6.77. The summed E-state index contributed by atoms with van der Waals surface area (Å²) in [7, 11) is 0. The van der Waals surface area contributed by atoms with Crippen LogP contribution in [0.3, 0.4) is 0 Å². The van der Waals surface area contributed by atoms with E-state index in [-0.39, 0.29) is 22.8 Å². The summed E-state index contributed by atoms with van der Waals surface area (Å²) in [5, 5.41) is 19.6. The summed E-state index contributed by atoms with van der Waals surface area (Å²) in [5.41, 5.74) is 4.01. The van der Waals surface area contributed by atoms with Crippen molar-refractivity contribution in [1.29, 1.82) is 0 Å². The van der Waals surface area contributed by atoms with Gasteiger partial charge in [0.1, 0.15) is 5.51 Å². The van der Waals surface area contributed by atoms with Crippen LogP contribution in [-0.2, 0) is 23.5 Å². The smallest absolute Gasteiger partial charge is 0.675 e. The predicted molar refractivity (Wildman–Crippen MR) is 99.8 cm³/mol. The molecule has 0 atom stereocenters. The molecule has 2 aromatic rings. The summed E-state index contributed by atoms with van der Waals surface area (Å²) in [6.45, 7) is 4.71. The van der Waals surface area contributed by atoms with Gasteiger partial charge in [0.15, 0.2) is 0 Å². The van der Waals surface area contributed by atoms with Crippen LogP contribution in [0.25, 0.3) is 5.32 Å². The molecule has 1 aromatic carbocycles. The summed E-state index contributed by atoms with van der Waals surface area (Å²) in [5.74, 6) is 0.447. The summed E-state index contributed by atoms with van der Waals surface area (Å²) in [6, 6.07) is 3.50. The van der Waals surface area contributed by atoms with Crippen molar-refractivity contribution in [3.05, 3.63) is 28.5 Å². The van der Waals surface area contributed by atoms with Crippen LogP contribution in [0.4, 0.5) is 35.4 Å². The summed E-state index contributed by atoms with van der Waals surface area (Å²) in [4.78, 5) is 2.21. The van der Waals surface area contributed by atoms with Gasteiger partial charge >= 0.3 is 23.2 Å². The Hall–Kier alpha value is -1.71. The molecule has 0 saturated carbocycles. The number of rotatable bonds is 6. The number of fused-ring (bicyclic) bond motifs is 1. The Morgan fingerprint density at radius 3 is 2.71 bits per heavy atom. The van der Waals surface area contributed by atoms with Gasteiger partial charge in [-0.2, -0.15) is 13.2 Å². The first-order chi connectivity index (χ1) is 12.8. The van der Waals surface area contributed by atoms with Crippen molar-refractivity contribution in [2.75, 3.05) is 24.5 Å². The Bertz CT molecular complexity index is 795. The second kappa shape index (κ2) is 9.67. The Morgan fingerprint density at radius 1 is 1.29 bits per heavy atom. The number of alkyl halides is 3. The van der Waals surface area contributed by atoms with Crippen LogP contribution in [0.15, 0.2) is 27.9 Å². The van der Waals surface area contributed by atoms with E-state index in [1.165, 1.54) is 16.8 Å². The largest absolute Gasteiger partial charge is 2.00 e. The first kappa shape index (κ1) is 22.6. The summed E-state index contributed by atoms with van der Waals surface area (Å²) < 4.78 is 38.1. The second-order valence-corrected chi connectivity index (χ2v) is 7.58. The maximum Gasteiger partial charge on any atom is 2.00 e. The zero-order valence-corrected chi connectivity index (χ0v) is 17.3. The van der Waals surface area contributed by atoms with Gasteiger partial charge in [0, 0.05) is 18.8 Å². The van der Waals surface area contributed by atoms with E-state index >= 15 is 0 Å². The molecule has 1 aromatic heterocycles. The number of halogens is 3. The number of anilines is 1. The monoisotopic (exact) mass is 453 g/mol. The van der Waals surface area contributed by atoms with Gasteiger partial charge in [-0.3, -0.25) is 0 Å². The maximum atomic E-state index is 12.7. The van der Waals surface area contributed by atoms with Crippen LogP contribution in [0.5, 0.6) is 0 Å². The molecule has 0 bridgehead atoms. The molecule has 11 heteroatoms. The SMILES string of the molecule is CC(C)CN1CCCc2cc(N=Nc3nncs3)c([N-]CC(F)(F)F)cc21.[Fe+2]. The number of benzene rings is 1. The van der Waals surface area contributed by atoms with E-state index in [2.05, 4.69) is 44.5 Å². The van der Waals surface area contributed by atoms with Gasteiger partial charge in [0.2, 0.25) is 0 Å². The molecule has 3 rings (SSSR count).